The van der Waals surface area contributed by atoms with Gasteiger partial charge < -0.3 is 13.9 Å². The molecule has 1 heterocycles. The molecular formula is C13H10LiN3O2. The number of nitrogens with zero attached hydrogens (tertiary/aromatic N) is 3. The van der Waals surface area contributed by atoms with Crippen molar-refractivity contribution in [3.63, 3.8) is 0 Å². The molecule has 0 aliphatic heterocycles. The Morgan fingerprint density at radius 2 is 1.84 bits per heavy atom. The van der Waals surface area contributed by atoms with E-state index in [-0.39, 0.29) is 31.0 Å². The van der Waals surface area contributed by atoms with Crippen molar-refractivity contribution in [3.05, 3.63) is 75.5 Å². The molecule has 0 radical (unpaired) electrons. The van der Waals surface area contributed by atoms with Gasteiger partial charge in [-0.1, -0.05) is 36.5 Å². The summed E-state index contributed by atoms with van der Waals surface area (Å²) in [5.74, 6) is 0. The third-order valence-corrected chi connectivity index (χ3v) is 2.48. The zero-order chi connectivity index (χ0) is 13.0. The number of benzene rings is 1. The van der Waals surface area contributed by atoms with E-state index >= 15 is 0 Å². The van der Waals surface area contributed by atoms with Crippen LogP contribution in [0.15, 0.2) is 52.2 Å². The predicted molar refractivity (Wildman–Crippen MR) is 65.8 cm³/mol. The van der Waals surface area contributed by atoms with Crippen LogP contribution in [0.5, 0.6) is 0 Å². The van der Waals surface area contributed by atoms with Gasteiger partial charge in [-0.05, 0) is 18.2 Å². The molecule has 19 heavy (non-hydrogen) atoms. The van der Waals surface area contributed by atoms with Crippen LogP contribution in [0.1, 0.15) is 5.56 Å². The van der Waals surface area contributed by atoms with E-state index in [1.807, 2.05) is 30.3 Å². The summed E-state index contributed by atoms with van der Waals surface area (Å²) in [5.41, 5.74) is -0.0502. The molecule has 2 rings (SSSR count). The standard InChI is InChI=1S/C13H10N3O2.Li/c14-7-9-15-8-6-12(17)16(13(15)18)10-11-4-2-1-3-5-11;/h1-6,8-9H,10H2;/q-1;+1. The van der Waals surface area contributed by atoms with E-state index in [1.165, 1.54) is 12.3 Å². The Morgan fingerprint density at radius 1 is 1.16 bits per heavy atom. The number of hydrogen-bond acceptors (Lipinski definition) is 3. The van der Waals surface area contributed by atoms with Crippen molar-refractivity contribution in [3.8, 4) is 6.07 Å². The first-order valence-corrected chi connectivity index (χ1v) is 5.31. The first-order valence-electron chi connectivity index (χ1n) is 5.31. The molecule has 6 heteroatoms. The van der Waals surface area contributed by atoms with Crippen molar-refractivity contribution < 1.29 is 18.9 Å². The Kier molecular flexibility index (Phi) is 5.26. The van der Waals surface area contributed by atoms with Gasteiger partial charge in [0.1, 0.15) is 0 Å². The molecule has 0 saturated heterocycles. The molecule has 1 aromatic heterocycles. The smallest absolute Gasteiger partial charge is 0.426 e. The van der Waals surface area contributed by atoms with Gasteiger partial charge in [-0.3, -0.25) is 4.79 Å². The van der Waals surface area contributed by atoms with E-state index in [0.29, 0.717) is 0 Å². The van der Waals surface area contributed by atoms with Gasteiger partial charge >= 0.3 is 18.9 Å². The third-order valence-electron chi connectivity index (χ3n) is 2.48. The van der Waals surface area contributed by atoms with E-state index in [1.54, 1.807) is 6.07 Å². The maximum absolute atomic E-state index is 11.9. The second-order valence-electron chi connectivity index (χ2n) is 3.67. The topological polar surface area (TPSA) is 67.8 Å². The van der Waals surface area contributed by atoms with Gasteiger partial charge in [0.2, 0.25) is 11.2 Å². The first kappa shape index (κ1) is 14.9. The zero-order valence-electron chi connectivity index (χ0n) is 10.5. The van der Waals surface area contributed by atoms with Crippen molar-refractivity contribution in [2.75, 3.05) is 0 Å². The average molecular weight is 247 g/mol. The largest absolute Gasteiger partial charge is 1.00 e. The van der Waals surface area contributed by atoms with Gasteiger partial charge in [0.05, 0.1) is 0 Å². The molecule has 2 aromatic rings. The summed E-state index contributed by atoms with van der Waals surface area (Å²) in [6, 6.07) is 12.2. The minimum atomic E-state index is -0.520. The number of hydrogen-bond donors (Lipinski definition) is 0. The number of aromatic nitrogens is 2. The summed E-state index contributed by atoms with van der Waals surface area (Å²) in [7, 11) is 0. The maximum atomic E-state index is 11.9. The van der Waals surface area contributed by atoms with Gasteiger partial charge in [-0.15, -0.1) is 0 Å². The second kappa shape index (κ2) is 6.70. The van der Waals surface area contributed by atoms with Crippen LogP contribution in [0.3, 0.4) is 0 Å². The molecule has 0 N–H and O–H groups in total. The molecule has 0 fully saturated rings. The summed E-state index contributed by atoms with van der Waals surface area (Å²) in [6.45, 7) is 1.25. The Balaban J connectivity index is 0.00000180. The van der Waals surface area contributed by atoms with Gasteiger partial charge in [0, 0.05) is 12.6 Å². The number of nitriles is 1. The van der Waals surface area contributed by atoms with Crippen LogP contribution in [-0.4, -0.2) is 9.13 Å². The second-order valence-corrected chi connectivity index (χ2v) is 3.67. The third kappa shape index (κ3) is 3.42. The van der Waals surface area contributed by atoms with Crippen LogP contribution >= 0.6 is 0 Å². The maximum Gasteiger partial charge on any atom is 1.00 e. The fourth-order valence-corrected chi connectivity index (χ4v) is 1.60. The minimum absolute atomic E-state index is 0. The van der Waals surface area contributed by atoms with E-state index in [2.05, 4.69) is 0 Å². The van der Waals surface area contributed by atoms with E-state index in [0.717, 1.165) is 21.2 Å². The molecule has 0 saturated carbocycles. The SMILES string of the molecule is N#C[CH-]n1ccc(=O)n(Cc2ccccc2)c1=O.[Li+]. The summed E-state index contributed by atoms with van der Waals surface area (Å²) < 4.78 is 2.17. The molecule has 0 unspecified atom stereocenters. The Hall–Kier alpha value is -2.14. The van der Waals surface area contributed by atoms with Crippen LogP contribution in [0.25, 0.3) is 0 Å². The summed E-state index contributed by atoms with van der Waals surface area (Å²) in [5, 5.41) is 8.54. The molecule has 1 aromatic carbocycles. The predicted octanol–water partition coefficient (Wildman–Crippen LogP) is -2.40. The zero-order valence-corrected chi connectivity index (χ0v) is 10.5. The average Bonchev–Trinajstić information content (AvgIpc) is 2.39. The summed E-state index contributed by atoms with van der Waals surface area (Å²) in [4.78, 5) is 23.6. The molecular weight excluding hydrogens is 237 g/mol. The minimum Gasteiger partial charge on any atom is -0.426 e. The molecule has 0 amide bonds. The van der Waals surface area contributed by atoms with Gasteiger partial charge in [0.25, 0.3) is 0 Å². The Labute approximate surface area is 121 Å². The van der Waals surface area contributed by atoms with E-state index < -0.39 is 5.69 Å². The van der Waals surface area contributed by atoms with Crippen molar-refractivity contribution in [2.24, 2.45) is 0 Å². The molecule has 5 nitrogen and oxygen atoms in total. The van der Waals surface area contributed by atoms with Crippen LogP contribution in [0.2, 0.25) is 0 Å². The van der Waals surface area contributed by atoms with E-state index in [4.69, 9.17) is 5.26 Å². The van der Waals surface area contributed by atoms with E-state index in [9.17, 15) is 9.59 Å². The fraction of sp³-hybridized carbons (Fsp3) is 0.0769. The fourth-order valence-electron chi connectivity index (χ4n) is 1.60. The molecule has 0 bridgehead atoms. The van der Waals surface area contributed by atoms with Crippen molar-refractivity contribution in [1.29, 1.82) is 5.26 Å². The Morgan fingerprint density at radius 3 is 2.47 bits per heavy atom. The monoisotopic (exact) mass is 247 g/mol. The molecule has 0 atom stereocenters. The van der Waals surface area contributed by atoms with Crippen LogP contribution in [-0.2, 0) is 6.54 Å². The van der Waals surface area contributed by atoms with Crippen LogP contribution < -0.4 is 30.1 Å². The molecule has 90 valence electrons. The molecule has 0 spiro atoms. The van der Waals surface area contributed by atoms with Crippen LogP contribution in [0.4, 0.5) is 0 Å². The van der Waals surface area contributed by atoms with Gasteiger partial charge in [-0.2, -0.15) is 0 Å². The molecule has 0 aliphatic rings. The summed E-state index contributed by atoms with van der Waals surface area (Å²) >= 11 is 0. The Bertz CT molecular complexity index is 698. The molecule has 0 aliphatic carbocycles. The van der Waals surface area contributed by atoms with Crippen molar-refractivity contribution >= 4 is 0 Å². The van der Waals surface area contributed by atoms with Crippen molar-refractivity contribution in [1.82, 2.24) is 9.13 Å². The first-order chi connectivity index (χ1) is 8.72. The summed E-state index contributed by atoms with van der Waals surface area (Å²) in [6.07, 6.45) is 1.29. The number of rotatable bonds is 3. The normalized spacial score (nSPS) is 9.21. The van der Waals surface area contributed by atoms with Crippen LogP contribution in [0, 0.1) is 17.9 Å². The quantitative estimate of drug-likeness (QED) is 0.448. The van der Waals surface area contributed by atoms with Gasteiger partial charge in [0.15, 0.2) is 0 Å². The van der Waals surface area contributed by atoms with Crippen molar-refractivity contribution in [2.45, 2.75) is 6.54 Å². The van der Waals surface area contributed by atoms with Gasteiger partial charge in [-0.25, -0.2) is 5.26 Å².